The van der Waals surface area contributed by atoms with Crippen LogP contribution in [0, 0.1) is 0 Å². The standard InChI is InChI=1S/C59H37N3/c1-2-11-45-34-46(32-23-38(45)10-1)39-19-26-42(27-20-39)56-36-57(43-28-21-40(22-29-43)47-12-9-33-60-37-47)62-59(61-56)44-30-24-41(25-31-44)54-35-55-50-15-4-3-13-48(50)49-14-5-7-17-52(49)58(55)53-18-8-6-16-51(53)54/h1-37H. The summed E-state index contributed by atoms with van der Waals surface area (Å²) in [5, 5.41) is 12.6. The summed E-state index contributed by atoms with van der Waals surface area (Å²) in [6.45, 7) is 0. The molecule has 10 aromatic carbocycles. The van der Waals surface area contributed by atoms with Crippen molar-refractivity contribution >= 4 is 53.9 Å². The summed E-state index contributed by atoms with van der Waals surface area (Å²) in [6.07, 6.45) is 3.70. The molecule has 62 heavy (non-hydrogen) atoms. The van der Waals surface area contributed by atoms with Crippen LogP contribution in [0.1, 0.15) is 0 Å². The number of rotatable bonds is 6. The zero-order chi connectivity index (χ0) is 41.0. The van der Waals surface area contributed by atoms with E-state index in [4.69, 9.17) is 9.97 Å². The molecule has 0 spiro atoms. The van der Waals surface area contributed by atoms with Gasteiger partial charge in [-0.2, -0.15) is 0 Å². The minimum atomic E-state index is 0.680. The van der Waals surface area contributed by atoms with Gasteiger partial charge in [0.25, 0.3) is 0 Å². The average molecular weight is 788 g/mol. The van der Waals surface area contributed by atoms with Gasteiger partial charge >= 0.3 is 0 Å². The minimum Gasteiger partial charge on any atom is -0.264 e. The van der Waals surface area contributed by atoms with Crippen LogP contribution in [0.5, 0.6) is 0 Å². The van der Waals surface area contributed by atoms with Gasteiger partial charge in [-0.15, -0.1) is 0 Å². The Morgan fingerprint density at radius 2 is 0.758 bits per heavy atom. The molecule has 0 saturated heterocycles. The number of benzene rings is 10. The molecule has 0 aliphatic heterocycles. The van der Waals surface area contributed by atoms with Gasteiger partial charge in [0, 0.05) is 29.1 Å². The molecule has 0 bridgehead atoms. The fourth-order valence-corrected chi connectivity index (χ4v) is 9.25. The molecule has 0 fully saturated rings. The Labute approximate surface area is 359 Å². The van der Waals surface area contributed by atoms with Crippen molar-refractivity contribution in [2.45, 2.75) is 0 Å². The highest BCUT2D eigenvalue weighted by molar-refractivity contribution is 6.33. The second-order valence-electron chi connectivity index (χ2n) is 16.0. The van der Waals surface area contributed by atoms with Crippen molar-refractivity contribution in [1.82, 2.24) is 15.0 Å². The van der Waals surface area contributed by atoms with E-state index in [1.165, 1.54) is 65.0 Å². The molecule has 0 atom stereocenters. The SMILES string of the molecule is c1cncc(-c2ccc(-c3cc(-c4ccc(-c5ccc6ccccc6c5)cc4)nc(-c4ccc(-c5cc6c7ccccc7c7ccccc7c6c6ccccc56)cc4)n3)cc2)c1. The normalized spacial score (nSPS) is 11.5. The third-order valence-electron chi connectivity index (χ3n) is 12.4. The summed E-state index contributed by atoms with van der Waals surface area (Å²) in [5.41, 5.74) is 11.6. The van der Waals surface area contributed by atoms with Crippen LogP contribution in [0.2, 0.25) is 0 Å². The van der Waals surface area contributed by atoms with Crippen molar-refractivity contribution in [3.8, 4) is 67.3 Å². The molecular formula is C59H37N3. The van der Waals surface area contributed by atoms with Crippen molar-refractivity contribution in [2.75, 3.05) is 0 Å². The van der Waals surface area contributed by atoms with Gasteiger partial charge in [-0.25, -0.2) is 9.97 Å². The topological polar surface area (TPSA) is 38.7 Å². The number of fused-ring (bicyclic) bond motifs is 9. The van der Waals surface area contributed by atoms with Gasteiger partial charge in [-0.3, -0.25) is 4.98 Å². The molecule has 0 radical (unpaired) electrons. The van der Waals surface area contributed by atoms with Crippen molar-refractivity contribution in [1.29, 1.82) is 0 Å². The molecule has 12 rings (SSSR count). The van der Waals surface area contributed by atoms with Crippen molar-refractivity contribution in [2.24, 2.45) is 0 Å². The monoisotopic (exact) mass is 787 g/mol. The van der Waals surface area contributed by atoms with E-state index in [0.29, 0.717) is 5.82 Å². The van der Waals surface area contributed by atoms with Crippen LogP contribution in [-0.2, 0) is 0 Å². The summed E-state index contributed by atoms with van der Waals surface area (Å²) in [4.78, 5) is 14.8. The van der Waals surface area contributed by atoms with Crippen LogP contribution < -0.4 is 0 Å². The van der Waals surface area contributed by atoms with Gasteiger partial charge in [0.05, 0.1) is 11.4 Å². The van der Waals surface area contributed by atoms with Gasteiger partial charge in [0.2, 0.25) is 0 Å². The first-order chi connectivity index (χ1) is 30.7. The van der Waals surface area contributed by atoms with E-state index in [1.807, 2.05) is 12.3 Å². The first-order valence-corrected chi connectivity index (χ1v) is 21.1. The maximum absolute atomic E-state index is 5.24. The number of nitrogens with zero attached hydrogens (tertiary/aromatic N) is 3. The van der Waals surface area contributed by atoms with E-state index in [9.17, 15) is 0 Å². The average Bonchev–Trinajstić information content (AvgIpc) is 3.36. The molecule has 0 aliphatic carbocycles. The zero-order valence-corrected chi connectivity index (χ0v) is 33.7. The highest BCUT2D eigenvalue weighted by Crippen LogP contribution is 2.43. The Bertz CT molecular complexity index is 3650. The summed E-state index contributed by atoms with van der Waals surface area (Å²) >= 11 is 0. The summed E-state index contributed by atoms with van der Waals surface area (Å²) in [6, 6.07) is 76.2. The lowest BCUT2D eigenvalue weighted by molar-refractivity contribution is 1.18. The minimum absolute atomic E-state index is 0.680. The van der Waals surface area contributed by atoms with E-state index in [0.717, 1.165) is 50.3 Å². The molecule has 3 nitrogen and oxygen atoms in total. The lowest BCUT2D eigenvalue weighted by Gasteiger charge is -2.16. The number of pyridine rings is 1. The van der Waals surface area contributed by atoms with E-state index < -0.39 is 0 Å². The van der Waals surface area contributed by atoms with Crippen molar-refractivity contribution in [3.05, 3.63) is 225 Å². The number of hydrogen-bond acceptors (Lipinski definition) is 3. The quantitative estimate of drug-likeness (QED) is 0.158. The van der Waals surface area contributed by atoms with E-state index in [2.05, 4.69) is 211 Å². The Morgan fingerprint density at radius 3 is 1.40 bits per heavy atom. The highest BCUT2D eigenvalue weighted by atomic mass is 14.9. The van der Waals surface area contributed by atoms with Crippen LogP contribution in [-0.4, -0.2) is 15.0 Å². The van der Waals surface area contributed by atoms with Gasteiger partial charge in [-0.1, -0.05) is 188 Å². The predicted octanol–water partition coefficient (Wildman–Crippen LogP) is 15.6. The first-order valence-electron chi connectivity index (χ1n) is 21.1. The van der Waals surface area contributed by atoms with Crippen molar-refractivity contribution < 1.29 is 0 Å². The Hall–Kier alpha value is -8.27. The van der Waals surface area contributed by atoms with E-state index in [-0.39, 0.29) is 0 Å². The van der Waals surface area contributed by atoms with Crippen molar-refractivity contribution in [3.63, 3.8) is 0 Å². The lowest BCUT2D eigenvalue weighted by atomic mass is 9.87. The molecule has 12 aromatic rings. The van der Waals surface area contributed by atoms with E-state index >= 15 is 0 Å². The molecule has 0 aliphatic rings. The summed E-state index contributed by atoms with van der Waals surface area (Å²) < 4.78 is 0. The molecule has 3 heteroatoms. The third kappa shape index (κ3) is 6.18. The molecule has 288 valence electrons. The van der Waals surface area contributed by atoms with E-state index in [1.54, 1.807) is 6.20 Å². The summed E-state index contributed by atoms with van der Waals surface area (Å²) in [5.74, 6) is 0.680. The van der Waals surface area contributed by atoms with Gasteiger partial charge in [-0.05, 0) is 112 Å². The van der Waals surface area contributed by atoms with Gasteiger partial charge in [0.15, 0.2) is 5.82 Å². The largest absolute Gasteiger partial charge is 0.264 e. The van der Waals surface area contributed by atoms with Crippen LogP contribution in [0.15, 0.2) is 225 Å². The zero-order valence-electron chi connectivity index (χ0n) is 33.7. The number of hydrogen-bond donors (Lipinski definition) is 0. The molecule has 0 saturated carbocycles. The van der Waals surface area contributed by atoms with Gasteiger partial charge in [0.1, 0.15) is 0 Å². The molecule has 2 aromatic heterocycles. The molecule has 0 amide bonds. The molecule has 0 unspecified atom stereocenters. The first kappa shape index (κ1) is 35.7. The van der Waals surface area contributed by atoms with Gasteiger partial charge < -0.3 is 0 Å². The Kier molecular flexibility index (Phi) is 8.50. The molecular weight excluding hydrogens is 751 g/mol. The Morgan fingerprint density at radius 1 is 0.274 bits per heavy atom. The fourth-order valence-electron chi connectivity index (χ4n) is 9.25. The second-order valence-corrected chi connectivity index (χ2v) is 16.0. The number of aromatic nitrogens is 3. The maximum Gasteiger partial charge on any atom is 0.160 e. The summed E-state index contributed by atoms with van der Waals surface area (Å²) in [7, 11) is 0. The predicted molar refractivity (Wildman–Crippen MR) is 260 cm³/mol. The smallest absolute Gasteiger partial charge is 0.160 e. The molecule has 2 heterocycles. The highest BCUT2D eigenvalue weighted by Gasteiger charge is 2.16. The maximum atomic E-state index is 5.24. The Balaban J connectivity index is 0.969. The lowest BCUT2D eigenvalue weighted by Crippen LogP contribution is -1.96. The van der Waals surface area contributed by atoms with Crippen LogP contribution in [0.4, 0.5) is 0 Å². The second kappa shape index (κ2) is 14.8. The van der Waals surface area contributed by atoms with Crippen LogP contribution in [0.3, 0.4) is 0 Å². The third-order valence-corrected chi connectivity index (χ3v) is 12.4. The van der Waals surface area contributed by atoms with Crippen LogP contribution in [0.25, 0.3) is 121 Å². The van der Waals surface area contributed by atoms with Crippen LogP contribution >= 0.6 is 0 Å². The fraction of sp³-hybridized carbons (Fsp3) is 0. The molecule has 0 N–H and O–H groups in total.